The summed E-state index contributed by atoms with van der Waals surface area (Å²) in [5.41, 5.74) is 1.82. The highest BCUT2D eigenvalue weighted by Gasteiger charge is 2.22. The molecular formula is C22H29N3O4. The van der Waals surface area contributed by atoms with Crippen molar-refractivity contribution < 1.29 is 19.0 Å². The fraction of sp³-hybridized carbons (Fsp3) is 0.409. The predicted octanol–water partition coefficient (Wildman–Crippen LogP) is 3.85. The Morgan fingerprint density at radius 3 is 2.17 bits per heavy atom. The van der Waals surface area contributed by atoms with Crippen LogP contribution < -0.4 is 24.4 Å². The number of anilines is 2. The number of carbonyl (C=O) groups is 1. The van der Waals surface area contributed by atoms with Crippen molar-refractivity contribution in [2.24, 2.45) is 0 Å². The summed E-state index contributed by atoms with van der Waals surface area (Å²) < 4.78 is 16.3. The molecule has 2 amide bonds. The van der Waals surface area contributed by atoms with Crippen molar-refractivity contribution in [2.75, 3.05) is 50.6 Å². The minimum atomic E-state index is -0.0884. The zero-order valence-electron chi connectivity index (χ0n) is 17.5. The van der Waals surface area contributed by atoms with Gasteiger partial charge in [0.15, 0.2) is 11.5 Å². The molecule has 0 unspecified atom stereocenters. The second-order valence-electron chi connectivity index (χ2n) is 7.13. The van der Waals surface area contributed by atoms with Crippen LogP contribution >= 0.6 is 0 Å². The number of nitrogens with zero attached hydrogens (tertiary/aromatic N) is 2. The quantitative estimate of drug-likeness (QED) is 0.800. The van der Waals surface area contributed by atoms with Crippen LogP contribution in [0.1, 0.15) is 13.8 Å². The Labute approximate surface area is 172 Å². The Kier molecular flexibility index (Phi) is 6.69. The zero-order valence-corrected chi connectivity index (χ0v) is 17.5. The maximum absolute atomic E-state index is 12.6. The van der Waals surface area contributed by atoms with E-state index >= 15 is 0 Å². The first-order valence-electron chi connectivity index (χ1n) is 9.79. The number of methoxy groups -OCH3 is 2. The van der Waals surface area contributed by atoms with E-state index in [0.717, 1.165) is 30.2 Å². The SMILES string of the molecule is COc1ccc(N2CCN(C(=O)Nc3ccc(OC(C)C)cc3)CC2)cc1OC. The van der Waals surface area contributed by atoms with E-state index in [1.807, 2.05) is 61.2 Å². The van der Waals surface area contributed by atoms with Crippen LogP contribution in [0.5, 0.6) is 17.2 Å². The predicted molar refractivity (Wildman–Crippen MR) is 115 cm³/mol. The van der Waals surface area contributed by atoms with Crippen LogP contribution in [0.4, 0.5) is 16.2 Å². The molecule has 0 aromatic heterocycles. The van der Waals surface area contributed by atoms with E-state index < -0.39 is 0 Å². The van der Waals surface area contributed by atoms with Crippen molar-refractivity contribution in [1.29, 1.82) is 0 Å². The third-order valence-electron chi connectivity index (χ3n) is 4.78. The van der Waals surface area contributed by atoms with E-state index in [-0.39, 0.29) is 12.1 Å². The number of hydrogen-bond donors (Lipinski definition) is 1. The van der Waals surface area contributed by atoms with Crippen LogP contribution in [-0.4, -0.2) is 57.4 Å². The molecule has 3 rings (SSSR count). The van der Waals surface area contributed by atoms with Gasteiger partial charge in [-0.2, -0.15) is 0 Å². The summed E-state index contributed by atoms with van der Waals surface area (Å²) in [6.07, 6.45) is 0.123. The number of nitrogens with one attached hydrogen (secondary N) is 1. The molecule has 0 aliphatic carbocycles. The summed E-state index contributed by atoms with van der Waals surface area (Å²) in [6, 6.07) is 13.2. The van der Waals surface area contributed by atoms with Gasteiger partial charge in [-0.1, -0.05) is 0 Å². The first-order chi connectivity index (χ1) is 14.0. The van der Waals surface area contributed by atoms with Gasteiger partial charge in [0, 0.05) is 43.6 Å². The number of benzene rings is 2. The van der Waals surface area contributed by atoms with Gasteiger partial charge < -0.3 is 29.3 Å². The second kappa shape index (κ2) is 9.41. The lowest BCUT2D eigenvalue weighted by Crippen LogP contribution is -2.50. The molecule has 29 heavy (non-hydrogen) atoms. The van der Waals surface area contributed by atoms with Crippen LogP contribution in [-0.2, 0) is 0 Å². The maximum atomic E-state index is 12.6. The zero-order chi connectivity index (χ0) is 20.8. The van der Waals surface area contributed by atoms with Crippen LogP contribution in [0.3, 0.4) is 0 Å². The lowest BCUT2D eigenvalue weighted by molar-refractivity contribution is 0.208. The smallest absolute Gasteiger partial charge is 0.321 e. The summed E-state index contributed by atoms with van der Waals surface area (Å²) in [5, 5.41) is 2.96. The number of hydrogen-bond acceptors (Lipinski definition) is 5. The lowest BCUT2D eigenvalue weighted by Gasteiger charge is -2.36. The molecule has 0 atom stereocenters. The highest BCUT2D eigenvalue weighted by molar-refractivity contribution is 5.89. The Morgan fingerprint density at radius 2 is 1.59 bits per heavy atom. The summed E-state index contributed by atoms with van der Waals surface area (Å²) in [5.74, 6) is 2.20. The molecule has 7 nitrogen and oxygen atoms in total. The van der Waals surface area contributed by atoms with E-state index in [1.54, 1.807) is 14.2 Å². The molecule has 1 saturated heterocycles. The summed E-state index contributed by atoms with van der Waals surface area (Å²) in [7, 11) is 3.26. The van der Waals surface area contributed by atoms with E-state index in [9.17, 15) is 4.79 Å². The third-order valence-corrected chi connectivity index (χ3v) is 4.78. The lowest BCUT2D eigenvalue weighted by atomic mass is 10.2. The number of piperazine rings is 1. The van der Waals surface area contributed by atoms with Crippen molar-refractivity contribution in [3.05, 3.63) is 42.5 Å². The molecule has 156 valence electrons. The number of carbonyl (C=O) groups excluding carboxylic acids is 1. The fourth-order valence-electron chi connectivity index (χ4n) is 3.28. The minimum absolute atomic E-state index is 0.0884. The number of rotatable bonds is 6. The normalized spacial score (nSPS) is 14.0. The molecule has 0 saturated carbocycles. The fourth-order valence-corrected chi connectivity index (χ4v) is 3.28. The molecule has 2 aromatic rings. The maximum Gasteiger partial charge on any atom is 0.321 e. The second-order valence-corrected chi connectivity index (χ2v) is 7.13. The Morgan fingerprint density at radius 1 is 0.931 bits per heavy atom. The van der Waals surface area contributed by atoms with Gasteiger partial charge in [-0.15, -0.1) is 0 Å². The summed E-state index contributed by atoms with van der Waals surface area (Å²) in [6.45, 7) is 6.77. The Hall–Kier alpha value is -3.09. The van der Waals surface area contributed by atoms with Gasteiger partial charge in [0.1, 0.15) is 5.75 Å². The molecular weight excluding hydrogens is 370 g/mol. The summed E-state index contributed by atoms with van der Waals surface area (Å²) in [4.78, 5) is 16.7. The van der Waals surface area contributed by atoms with Crippen LogP contribution in [0.25, 0.3) is 0 Å². The number of ether oxygens (including phenoxy) is 3. The van der Waals surface area contributed by atoms with Gasteiger partial charge in [-0.25, -0.2) is 4.79 Å². The van der Waals surface area contributed by atoms with Crippen molar-refractivity contribution in [3.63, 3.8) is 0 Å². The highest BCUT2D eigenvalue weighted by atomic mass is 16.5. The molecule has 1 heterocycles. The first kappa shape index (κ1) is 20.6. The van der Waals surface area contributed by atoms with Gasteiger partial charge in [-0.3, -0.25) is 0 Å². The molecule has 2 aromatic carbocycles. The van der Waals surface area contributed by atoms with Crippen LogP contribution in [0, 0.1) is 0 Å². The van der Waals surface area contributed by atoms with Crippen molar-refractivity contribution in [1.82, 2.24) is 4.90 Å². The largest absolute Gasteiger partial charge is 0.493 e. The van der Waals surface area contributed by atoms with E-state index in [0.29, 0.717) is 24.6 Å². The van der Waals surface area contributed by atoms with Crippen molar-refractivity contribution in [2.45, 2.75) is 20.0 Å². The molecule has 7 heteroatoms. The molecule has 1 aliphatic heterocycles. The molecule has 0 radical (unpaired) electrons. The van der Waals surface area contributed by atoms with E-state index in [4.69, 9.17) is 14.2 Å². The molecule has 0 spiro atoms. The van der Waals surface area contributed by atoms with E-state index in [1.165, 1.54) is 0 Å². The molecule has 1 N–H and O–H groups in total. The molecule has 1 fully saturated rings. The summed E-state index contributed by atoms with van der Waals surface area (Å²) >= 11 is 0. The van der Waals surface area contributed by atoms with Gasteiger partial charge >= 0.3 is 6.03 Å². The van der Waals surface area contributed by atoms with Gasteiger partial charge in [0.2, 0.25) is 0 Å². The standard InChI is InChI=1S/C22H29N3O4/c1-16(2)29-19-8-5-17(6-9-19)23-22(26)25-13-11-24(12-14-25)18-7-10-20(27-3)21(15-18)28-4/h5-10,15-16H,11-14H2,1-4H3,(H,23,26). The monoisotopic (exact) mass is 399 g/mol. The van der Waals surface area contributed by atoms with Gasteiger partial charge in [0.05, 0.1) is 20.3 Å². The Bertz CT molecular complexity index is 815. The number of urea groups is 1. The van der Waals surface area contributed by atoms with Crippen LogP contribution in [0.15, 0.2) is 42.5 Å². The first-order valence-corrected chi connectivity index (χ1v) is 9.79. The average molecular weight is 399 g/mol. The Balaban J connectivity index is 1.54. The third kappa shape index (κ3) is 5.25. The number of amides is 2. The average Bonchev–Trinajstić information content (AvgIpc) is 2.74. The van der Waals surface area contributed by atoms with E-state index in [2.05, 4.69) is 10.2 Å². The van der Waals surface area contributed by atoms with Gasteiger partial charge in [0.25, 0.3) is 0 Å². The minimum Gasteiger partial charge on any atom is -0.493 e. The molecule has 1 aliphatic rings. The van der Waals surface area contributed by atoms with Gasteiger partial charge in [-0.05, 0) is 50.2 Å². The topological polar surface area (TPSA) is 63.3 Å². The molecule has 0 bridgehead atoms. The van der Waals surface area contributed by atoms with Crippen molar-refractivity contribution in [3.8, 4) is 17.2 Å². The highest BCUT2D eigenvalue weighted by Crippen LogP contribution is 2.31. The van der Waals surface area contributed by atoms with Crippen molar-refractivity contribution >= 4 is 17.4 Å². The van der Waals surface area contributed by atoms with Crippen LogP contribution in [0.2, 0.25) is 0 Å².